The van der Waals surface area contributed by atoms with E-state index < -0.39 is 5.82 Å². The summed E-state index contributed by atoms with van der Waals surface area (Å²) in [6, 6.07) is 4.76. The van der Waals surface area contributed by atoms with Gasteiger partial charge in [-0.05, 0) is 19.1 Å². The van der Waals surface area contributed by atoms with Crippen molar-refractivity contribution < 1.29 is 4.39 Å². The molecule has 0 saturated heterocycles. The van der Waals surface area contributed by atoms with E-state index in [4.69, 9.17) is 5.73 Å². The molecule has 1 heterocycles. The van der Waals surface area contributed by atoms with Gasteiger partial charge in [-0.2, -0.15) is 5.10 Å². The fraction of sp³-hybridized carbons (Fsp3) is 0.111. The van der Waals surface area contributed by atoms with Crippen LogP contribution in [0.5, 0.6) is 0 Å². The van der Waals surface area contributed by atoms with E-state index in [0.717, 1.165) is 0 Å². The highest BCUT2D eigenvalue weighted by Crippen LogP contribution is 2.22. The number of hydrogen-bond donors (Lipinski definition) is 2. The summed E-state index contributed by atoms with van der Waals surface area (Å²) in [5, 5.41) is 6.50. The summed E-state index contributed by atoms with van der Waals surface area (Å²) in [4.78, 5) is 4.02. The molecule has 0 saturated carbocycles. The number of nitrogens with two attached hydrogens (primary N) is 1. The molecule has 0 spiro atoms. The van der Waals surface area contributed by atoms with Crippen molar-refractivity contribution in [2.24, 2.45) is 0 Å². The molecular weight excluding hydrogens is 183 g/mol. The van der Waals surface area contributed by atoms with Crippen LogP contribution in [0.25, 0.3) is 11.4 Å². The van der Waals surface area contributed by atoms with Gasteiger partial charge < -0.3 is 5.73 Å². The summed E-state index contributed by atoms with van der Waals surface area (Å²) in [5.41, 5.74) is 5.84. The Balaban J connectivity index is 2.57. The lowest BCUT2D eigenvalue weighted by atomic mass is 10.2. The van der Waals surface area contributed by atoms with Crippen LogP contribution in [0.1, 0.15) is 5.82 Å². The fourth-order valence-corrected chi connectivity index (χ4v) is 1.19. The molecule has 14 heavy (non-hydrogen) atoms. The van der Waals surface area contributed by atoms with Gasteiger partial charge in [-0.3, -0.25) is 5.10 Å². The number of hydrogen-bond acceptors (Lipinski definition) is 3. The average molecular weight is 192 g/mol. The first kappa shape index (κ1) is 8.68. The van der Waals surface area contributed by atoms with Crippen LogP contribution in [0.3, 0.4) is 0 Å². The largest absolute Gasteiger partial charge is 0.396 e. The minimum Gasteiger partial charge on any atom is -0.396 e. The number of nitrogens with zero attached hydrogens (tertiary/aromatic N) is 2. The molecular formula is C9H9FN4. The zero-order valence-corrected chi connectivity index (χ0v) is 7.58. The van der Waals surface area contributed by atoms with E-state index in [9.17, 15) is 4.39 Å². The SMILES string of the molecule is Cc1nc(-c2cccc(N)c2F)n[nH]1. The number of aromatic nitrogens is 3. The molecule has 1 aromatic heterocycles. The molecule has 1 aromatic carbocycles. The Hall–Kier alpha value is -1.91. The highest BCUT2D eigenvalue weighted by molar-refractivity contribution is 5.62. The van der Waals surface area contributed by atoms with Crippen molar-refractivity contribution in [2.45, 2.75) is 6.92 Å². The molecule has 0 unspecified atom stereocenters. The molecule has 0 atom stereocenters. The van der Waals surface area contributed by atoms with Crippen molar-refractivity contribution in [2.75, 3.05) is 5.73 Å². The lowest BCUT2D eigenvalue weighted by molar-refractivity contribution is 0.634. The maximum Gasteiger partial charge on any atom is 0.184 e. The third-order valence-corrected chi connectivity index (χ3v) is 1.87. The van der Waals surface area contributed by atoms with Gasteiger partial charge in [0.2, 0.25) is 0 Å². The number of aryl methyl sites for hydroxylation is 1. The summed E-state index contributed by atoms with van der Waals surface area (Å²) in [6.07, 6.45) is 0. The summed E-state index contributed by atoms with van der Waals surface area (Å²) >= 11 is 0. The lowest BCUT2D eigenvalue weighted by Gasteiger charge is -2.00. The molecule has 0 fully saturated rings. The number of anilines is 1. The first-order chi connectivity index (χ1) is 6.68. The van der Waals surface area contributed by atoms with E-state index in [-0.39, 0.29) is 5.69 Å². The number of aromatic amines is 1. The number of halogens is 1. The van der Waals surface area contributed by atoms with Crippen molar-refractivity contribution in [3.05, 3.63) is 29.8 Å². The Labute approximate surface area is 80.0 Å². The summed E-state index contributed by atoms with van der Waals surface area (Å²) in [7, 11) is 0. The van der Waals surface area contributed by atoms with Crippen LogP contribution >= 0.6 is 0 Å². The standard InChI is InChI=1S/C9H9FN4/c1-5-12-9(14-13-5)6-3-2-4-7(11)8(6)10/h2-4H,11H2,1H3,(H,12,13,14). The summed E-state index contributed by atoms with van der Waals surface area (Å²) in [5.74, 6) is 0.487. The fourth-order valence-electron chi connectivity index (χ4n) is 1.19. The molecule has 3 N–H and O–H groups in total. The maximum absolute atomic E-state index is 13.5. The van der Waals surface area contributed by atoms with Crippen molar-refractivity contribution in [1.29, 1.82) is 0 Å². The predicted molar refractivity (Wildman–Crippen MR) is 50.9 cm³/mol. The first-order valence-electron chi connectivity index (χ1n) is 4.12. The molecule has 2 aromatic rings. The molecule has 4 nitrogen and oxygen atoms in total. The van der Waals surface area contributed by atoms with E-state index in [1.807, 2.05) is 0 Å². The molecule has 0 aliphatic heterocycles. The maximum atomic E-state index is 13.5. The number of nitrogen functional groups attached to an aromatic ring is 1. The van der Waals surface area contributed by atoms with Crippen LogP contribution < -0.4 is 5.73 Å². The Kier molecular flexibility index (Phi) is 1.92. The number of benzene rings is 1. The first-order valence-corrected chi connectivity index (χ1v) is 4.12. The minimum atomic E-state index is -0.480. The normalized spacial score (nSPS) is 10.4. The second-order valence-corrected chi connectivity index (χ2v) is 2.95. The molecule has 0 radical (unpaired) electrons. The van der Waals surface area contributed by atoms with Crippen LogP contribution in [0.4, 0.5) is 10.1 Å². The summed E-state index contributed by atoms with van der Waals surface area (Å²) in [6.45, 7) is 1.75. The third-order valence-electron chi connectivity index (χ3n) is 1.87. The Bertz CT molecular complexity index is 464. The van der Waals surface area contributed by atoms with Gasteiger partial charge in [0.15, 0.2) is 11.6 Å². The molecule has 2 rings (SSSR count). The Morgan fingerprint density at radius 1 is 1.43 bits per heavy atom. The lowest BCUT2D eigenvalue weighted by Crippen LogP contribution is -1.94. The molecule has 0 amide bonds. The second-order valence-electron chi connectivity index (χ2n) is 2.95. The summed E-state index contributed by atoms with van der Waals surface area (Å²) < 4.78 is 13.5. The molecule has 5 heteroatoms. The van der Waals surface area contributed by atoms with Crippen LogP contribution in [0.2, 0.25) is 0 Å². The third kappa shape index (κ3) is 1.32. The van der Waals surface area contributed by atoms with Gasteiger partial charge in [0.25, 0.3) is 0 Å². The predicted octanol–water partition coefficient (Wildman–Crippen LogP) is 1.50. The Morgan fingerprint density at radius 2 is 2.21 bits per heavy atom. The van der Waals surface area contributed by atoms with E-state index in [1.54, 1.807) is 19.1 Å². The molecule has 72 valence electrons. The zero-order valence-electron chi connectivity index (χ0n) is 7.58. The second kappa shape index (κ2) is 3.10. The molecule has 0 bridgehead atoms. The van der Waals surface area contributed by atoms with Gasteiger partial charge in [-0.1, -0.05) is 6.07 Å². The van der Waals surface area contributed by atoms with Gasteiger partial charge in [0.1, 0.15) is 5.82 Å². The highest BCUT2D eigenvalue weighted by Gasteiger charge is 2.11. The molecule has 0 aliphatic rings. The topological polar surface area (TPSA) is 67.6 Å². The van der Waals surface area contributed by atoms with Gasteiger partial charge in [-0.15, -0.1) is 0 Å². The van der Waals surface area contributed by atoms with Crippen LogP contribution in [-0.4, -0.2) is 15.2 Å². The van der Waals surface area contributed by atoms with Crippen LogP contribution in [0.15, 0.2) is 18.2 Å². The van der Waals surface area contributed by atoms with Gasteiger partial charge in [0, 0.05) is 0 Å². The van der Waals surface area contributed by atoms with E-state index in [1.165, 1.54) is 6.07 Å². The van der Waals surface area contributed by atoms with E-state index >= 15 is 0 Å². The number of H-pyrrole nitrogens is 1. The quantitative estimate of drug-likeness (QED) is 0.673. The average Bonchev–Trinajstić information content (AvgIpc) is 2.57. The smallest absolute Gasteiger partial charge is 0.184 e. The minimum absolute atomic E-state index is 0.102. The van der Waals surface area contributed by atoms with Crippen molar-refractivity contribution in [3.8, 4) is 11.4 Å². The molecule has 0 aliphatic carbocycles. The van der Waals surface area contributed by atoms with Crippen LogP contribution in [-0.2, 0) is 0 Å². The number of nitrogens with one attached hydrogen (secondary N) is 1. The zero-order chi connectivity index (χ0) is 10.1. The van der Waals surface area contributed by atoms with Crippen molar-refractivity contribution in [1.82, 2.24) is 15.2 Å². The van der Waals surface area contributed by atoms with Crippen molar-refractivity contribution >= 4 is 5.69 Å². The van der Waals surface area contributed by atoms with Gasteiger partial charge in [0.05, 0.1) is 11.3 Å². The number of rotatable bonds is 1. The van der Waals surface area contributed by atoms with E-state index in [2.05, 4.69) is 15.2 Å². The monoisotopic (exact) mass is 192 g/mol. The van der Waals surface area contributed by atoms with Gasteiger partial charge in [-0.25, -0.2) is 9.37 Å². The van der Waals surface area contributed by atoms with Gasteiger partial charge >= 0.3 is 0 Å². The van der Waals surface area contributed by atoms with E-state index in [0.29, 0.717) is 17.2 Å². The van der Waals surface area contributed by atoms with Crippen LogP contribution in [0, 0.1) is 12.7 Å². The highest BCUT2D eigenvalue weighted by atomic mass is 19.1. The van der Waals surface area contributed by atoms with Crippen molar-refractivity contribution in [3.63, 3.8) is 0 Å². The Morgan fingerprint density at radius 3 is 2.86 bits per heavy atom.